The second-order valence-electron chi connectivity index (χ2n) is 8.83. The van der Waals surface area contributed by atoms with Gasteiger partial charge in [-0.15, -0.1) is 0 Å². The molecule has 1 aliphatic rings. The van der Waals surface area contributed by atoms with Crippen LogP contribution in [0.3, 0.4) is 0 Å². The monoisotopic (exact) mass is 484 g/mol. The first-order valence-corrected chi connectivity index (χ1v) is 12.0. The molecule has 4 rings (SSSR count). The Balaban J connectivity index is 1.59. The third-order valence-corrected chi connectivity index (χ3v) is 5.99. The molecule has 2 heterocycles. The van der Waals surface area contributed by atoms with E-state index >= 15 is 4.39 Å². The number of rotatable bonds is 8. The topological polar surface area (TPSA) is 59.4 Å². The third-order valence-electron chi connectivity index (χ3n) is 5.75. The van der Waals surface area contributed by atoms with Crippen molar-refractivity contribution in [3.63, 3.8) is 0 Å². The van der Waals surface area contributed by atoms with E-state index in [1.165, 1.54) is 0 Å². The van der Waals surface area contributed by atoms with Gasteiger partial charge in [0.15, 0.2) is 0 Å². The molecular weight excluding hydrogens is 455 g/mol. The SMILES string of the molecule is CC(C)NC(=O)Cn1cc(-c2ccc(CCN3CCOCC3)cc2F)nc1-c1cccc(Cl)c1. The molecule has 1 aliphatic heterocycles. The molecule has 34 heavy (non-hydrogen) atoms. The van der Waals surface area contributed by atoms with Crippen molar-refractivity contribution in [1.29, 1.82) is 0 Å². The lowest BCUT2D eigenvalue weighted by Crippen LogP contribution is -2.37. The molecule has 0 radical (unpaired) electrons. The summed E-state index contributed by atoms with van der Waals surface area (Å²) in [5.41, 5.74) is 2.59. The smallest absolute Gasteiger partial charge is 0.240 e. The predicted molar refractivity (Wildman–Crippen MR) is 132 cm³/mol. The zero-order valence-corrected chi connectivity index (χ0v) is 20.3. The summed E-state index contributed by atoms with van der Waals surface area (Å²) in [5.74, 6) is 0.0989. The fourth-order valence-electron chi connectivity index (χ4n) is 4.08. The molecule has 1 aromatic heterocycles. The van der Waals surface area contributed by atoms with Gasteiger partial charge in [-0.2, -0.15) is 0 Å². The van der Waals surface area contributed by atoms with Gasteiger partial charge in [0.2, 0.25) is 5.91 Å². The maximum absolute atomic E-state index is 15.2. The molecule has 0 atom stereocenters. The minimum Gasteiger partial charge on any atom is -0.379 e. The molecule has 0 saturated carbocycles. The molecule has 0 aliphatic carbocycles. The van der Waals surface area contributed by atoms with Gasteiger partial charge in [0.1, 0.15) is 18.2 Å². The first kappa shape index (κ1) is 24.4. The van der Waals surface area contributed by atoms with E-state index in [0.29, 0.717) is 22.1 Å². The summed E-state index contributed by atoms with van der Waals surface area (Å²) in [6.45, 7) is 8.09. The van der Waals surface area contributed by atoms with Crippen molar-refractivity contribution in [2.75, 3.05) is 32.8 Å². The van der Waals surface area contributed by atoms with Crippen LogP contribution in [0.15, 0.2) is 48.7 Å². The van der Waals surface area contributed by atoms with Crippen molar-refractivity contribution >= 4 is 17.5 Å². The van der Waals surface area contributed by atoms with Crippen molar-refractivity contribution in [2.24, 2.45) is 0 Å². The molecule has 0 spiro atoms. The summed E-state index contributed by atoms with van der Waals surface area (Å²) in [5, 5.41) is 3.46. The zero-order chi connectivity index (χ0) is 24.1. The van der Waals surface area contributed by atoms with E-state index in [1.54, 1.807) is 35.0 Å². The highest BCUT2D eigenvalue weighted by Gasteiger charge is 2.18. The van der Waals surface area contributed by atoms with Crippen LogP contribution in [0.5, 0.6) is 0 Å². The van der Waals surface area contributed by atoms with Crippen LogP contribution in [0.2, 0.25) is 5.02 Å². The van der Waals surface area contributed by atoms with Crippen LogP contribution in [-0.4, -0.2) is 59.2 Å². The molecule has 180 valence electrons. The van der Waals surface area contributed by atoms with Crippen molar-refractivity contribution in [2.45, 2.75) is 32.9 Å². The lowest BCUT2D eigenvalue weighted by molar-refractivity contribution is -0.122. The number of hydrogen-bond acceptors (Lipinski definition) is 4. The van der Waals surface area contributed by atoms with Gasteiger partial charge in [-0.3, -0.25) is 9.69 Å². The van der Waals surface area contributed by atoms with E-state index in [9.17, 15) is 4.79 Å². The maximum Gasteiger partial charge on any atom is 0.240 e. The Morgan fingerprint density at radius 1 is 1.21 bits per heavy atom. The minimum atomic E-state index is -0.326. The lowest BCUT2D eigenvalue weighted by atomic mass is 10.1. The van der Waals surface area contributed by atoms with Crippen molar-refractivity contribution in [3.8, 4) is 22.6 Å². The number of amides is 1. The molecule has 8 heteroatoms. The highest BCUT2D eigenvalue weighted by atomic mass is 35.5. The van der Waals surface area contributed by atoms with Gasteiger partial charge < -0.3 is 14.6 Å². The summed E-state index contributed by atoms with van der Waals surface area (Å²) < 4.78 is 22.3. The van der Waals surface area contributed by atoms with Crippen molar-refractivity contribution in [1.82, 2.24) is 19.8 Å². The van der Waals surface area contributed by atoms with Gasteiger partial charge in [-0.25, -0.2) is 9.37 Å². The van der Waals surface area contributed by atoms with Crippen LogP contribution in [0.25, 0.3) is 22.6 Å². The maximum atomic E-state index is 15.2. The average molecular weight is 485 g/mol. The number of morpholine rings is 1. The van der Waals surface area contributed by atoms with Gasteiger partial charge in [-0.1, -0.05) is 29.8 Å². The summed E-state index contributed by atoms with van der Waals surface area (Å²) in [6, 6.07) is 12.6. The Labute approximate surface area is 204 Å². The van der Waals surface area contributed by atoms with Crippen LogP contribution in [-0.2, 0) is 22.5 Å². The Morgan fingerprint density at radius 2 is 2.00 bits per heavy atom. The highest BCUT2D eigenvalue weighted by Crippen LogP contribution is 2.29. The summed E-state index contributed by atoms with van der Waals surface area (Å²) in [4.78, 5) is 19.5. The molecule has 1 amide bonds. The van der Waals surface area contributed by atoms with Gasteiger partial charge in [0.05, 0.1) is 18.9 Å². The van der Waals surface area contributed by atoms with Gasteiger partial charge in [-0.05, 0) is 50.1 Å². The zero-order valence-electron chi connectivity index (χ0n) is 19.6. The lowest BCUT2D eigenvalue weighted by Gasteiger charge is -2.26. The molecule has 1 N–H and O–H groups in total. The Bertz CT molecular complexity index is 1140. The quantitative estimate of drug-likeness (QED) is 0.514. The molecule has 2 aromatic carbocycles. The Kier molecular flexibility index (Phi) is 7.98. The van der Waals surface area contributed by atoms with Gasteiger partial charge in [0, 0.05) is 48.0 Å². The number of carbonyl (C=O) groups is 1. The Hall–Kier alpha value is -2.74. The number of nitrogens with zero attached hydrogens (tertiary/aromatic N) is 3. The number of nitrogens with one attached hydrogen (secondary N) is 1. The van der Waals surface area contributed by atoms with Gasteiger partial charge >= 0.3 is 0 Å². The second kappa shape index (κ2) is 11.1. The first-order chi connectivity index (χ1) is 16.4. The number of imidazole rings is 1. The van der Waals surface area contributed by atoms with Gasteiger partial charge in [0.25, 0.3) is 0 Å². The van der Waals surface area contributed by atoms with Crippen LogP contribution in [0.4, 0.5) is 4.39 Å². The van der Waals surface area contributed by atoms with Crippen LogP contribution in [0, 0.1) is 5.82 Å². The summed E-state index contributed by atoms with van der Waals surface area (Å²) in [6.07, 6.45) is 2.50. The summed E-state index contributed by atoms with van der Waals surface area (Å²) >= 11 is 6.19. The molecular formula is C26H30ClFN4O2. The molecule has 6 nitrogen and oxygen atoms in total. The molecule has 1 fully saturated rings. The van der Waals surface area contributed by atoms with Crippen LogP contribution in [0.1, 0.15) is 19.4 Å². The van der Waals surface area contributed by atoms with Crippen LogP contribution >= 0.6 is 11.6 Å². The average Bonchev–Trinajstić information content (AvgIpc) is 3.21. The normalized spacial score (nSPS) is 14.5. The number of halogens is 2. The number of aromatic nitrogens is 2. The van der Waals surface area contributed by atoms with E-state index in [4.69, 9.17) is 21.3 Å². The summed E-state index contributed by atoms with van der Waals surface area (Å²) in [7, 11) is 0. The van der Waals surface area contributed by atoms with Crippen molar-refractivity contribution in [3.05, 3.63) is 65.1 Å². The second-order valence-corrected chi connectivity index (χ2v) is 9.26. The molecule has 3 aromatic rings. The van der Waals surface area contributed by atoms with E-state index in [1.807, 2.05) is 32.0 Å². The van der Waals surface area contributed by atoms with E-state index in [2.05, 4.69) is 10.2 Å². The molecule has 1 saturated heterocycles. The predicted octanol–water partition coefficient (Wildman–Crippen LogP) is 4.41. The Morgan fingerprint density at radius 3 is 2.71 bits per heavy atom. The van der Waals surface area contributed by atoms with E-state index in [0.717, 1.165) is 50.4 Å². The highest BCUT2D eigenvalue weighted by molar-refractivity contribution is 6.30. The fourth-order valence-corrected chi connectivity index (χ4v) is 4.27. The minimum absolute atomic E-state index is 0.0209. The fraction of sp³-hybridized carbons (Fsp3) is 0.385. The standard InChI is InChI=1S/C26H30ClFN4O2/c1-18(2)29-25(33)17-32-16-24(30-26(32)20-4-3-5-21(27)15-20)22-7-6-19(14-23(22)28)8-9-31-10-12-34-13-11-31/h3-7,14-16,18H,8-13,17H2,1-2H3,(H,29,33). The molecule has 0 bridgehead atoms. The van der Waals surface area contributed by atoms with Crippen molar-refractivity contribution < 1.29 is 13.9 Å². The largest absolute Gasteiger partial charge is 0.379 e. The third kappa shape index (κ3) is 6.23. The number of benzene rings is 2. The number of carbonyl (C=O) groups excluding carboxylic acids is 1. The molecule has 0 unspecified atom stereocenters. The van der Waals surface area contributed by atoms with Crippen LogP contribution < -0.4 is 5.32 Å². The first-order valence-electron chi connectivity index (χ1n) is 11.6. The van der Waals surface area contributed by atoms with E-state index in [-0.39, 0.29) is 24.3 Å². The number of hydrogen-bond donors (Lipinski definition) is 1. The van der Waals surface area contributed by atoms with E-state index < -0.39 is 0 Å². The number of ether oxygens (including phenoxy) is 1.